The van der Waals surface area contributed by atoms with E-state index in [1.165, 1.54) is 29.7 Å². The van der Waals surface area contributed by atoms with E-state index in [2.05, 4.69) is 17.6 Å². The summed E-state index contributed by atoms with van der Waals surface area (Å²) in [4.78, 5) is 81.4. The second kappa shape index (κ2) is 15.0. The lowest BCUT2D eigenvalue weighted by atomic mass is 9.74. The van der Waals surface area contributed by atoms with Crippen LogP contribution < -0.4 is 10.6 Å². The molecule has 0 aromatic rings. The number of nitrogens with zero attached hydrogens (tertiary/aromatic N) is 2. The molecule has 7 rings (SSSR count). The number of carbonyl (C=O) groups is 6. The van der Waals surface area contributed by atoms with Crippen molar-refractivity contribution < 1.29 is 33.5 Å². The molecule has 0 aromatic heterocycles. The molecule has 6 amide bonds. The zero-order chi connectivity index (χ0) is 35.1. The summed E-state index contributed by atoms with van der Waals surface area (Å²) in [6, 6.07) is 0.109. The number of amides is 6. The Bertz CT molecular complexity index is 1340. The average molecular weight is 695 g/mol. The highest BCUT2D eigenvalue weighted by molar-refractivity contribution is 6.06. The second-order valence-corrected chi connectivity index (χ2v) is 17.2. The molecule has 50 heavy (non-hydrogen) atoms. The quantitative estimate of drug-likeness (QED) is 0.364. The van der Waals surface area contributed by atoms with Crippen LogP contribution in [0.2, 0.25) is 0 Å². The van der Waals surface area contributed by atoms with Gasteiger partial charge in [-0.1, -0.05) is 13.3 Å². The van der Waals surface area contributed by atoms with Gasteiger partial charge in [-0.15, -0.1) is 0 Å². The Morgan fingerprint density at radius 3 is 1.76 bits per heavy atom. The zero-order valence-corrected chi connectivity index (χ0v) is 30.1. The molecule has 5 saturated carbocycles. The number of nitrogens with one attached hydrogen (secondary N) is 2. The number of carbonyl (C=O) groups excluding carboxylic acids is 6. The lowest BCUT2D eigenvalue weighted by molar-refractivity contribution is -0.141. The lowest BCUT2D eigenvalue weighted by Gasteiger charge is -2.35. The van der Waals surface area contributed by atoms with Gasteiger partial charge in [-0.3, -0.25) is 38.6 Å². The van der Waals surface area contributed by atoms with Gasteiger partial charge in [-0.25, -0.2) is 0 Å². The third kappa shape index (κ3) is 7.40. The minimum atomic E-state index is -0.423. The highest BCUT2D eigenvalue weighted by atomic mass is 16.5. The largest absolute Gasteiger partial charge is 0.375 e. The van der Waals surface area contributed by atoms with Crippen LogP contribution in [0.4, 0.5) is 0 Å². The van der Waals surface area contributed by atoms with Crippen LogP contribution in [-0.2, 0) is 33.5 Å². The van der Waals surface area contributed by atoms with Gasteiger partial charge in [0.05, 0.1) is 35.9 Å². The number of rotatable bonds is 8. The fourth-order valence-electron chi connectivity index (χ4n) is 10.7. The molecule has 7 aliphatic rings. The van der Waals surface area contributed by atoms with Crippen molar-refractivity contribution in [1.29, 1.82) is 0 Å². The Morgan fingerprint density at radius 1 is 0.600 bits per heavy atom. The van der Waals surface area contributed by atoms with E-state index in [1.54, 1.807) is 0 Å². The Hall–Kier alpha value is -2.82. The molecule has 0 bridgehead atoms. The van der Waals surface area contributed by atoms with Crippen molar-refractivity contribution in [2.75, 3.05) is 13.6 Å². The van der Waals surface area contributed by atoms with Crippen molar-refractivity contribution in [3.8, 4) is 0 Å². The molecule has 11 heteroatoms. The Kier molecular flexibility index (Phi) is 10.7. The second-order valence-electron chi connectivity index (χ2n) is 17.2. The molecule has 0 radical (unpaired) electrons. The molecule has 7 fully saturated rings. The first-order valence-corrected chi connectivity index (χ1v) is 20.0. The van der Waals surface area contributed by atoms with Gasteiger partial charge in [0.2, 0.25) is 35.4 Å². The zero-order valence-electron chi connectivity index (χ0n) is 30.1. The fraction of sp³-hybridized carbons (Fsp3) is 0.846. The van der Waals surface area contributed by atoms with Crippen molar-refractivity contribution in [3.63, 3.8) is 0 Å². The molecule has 8 atom stereocenters. The van der Waals surface area contributed by atoms with Crippen molar-refractivity contribution in [2.45, 2.75) is 147 Å². The maximum Gasteiger partial charge on any atom is 0.233 e. The normalized spacial score (nSPS) is 40.8. The van der Waals surface area contributed by atoms with Gasteiger partial charge >= 0.3 is 0 Å². The number of likely N-dealkylation sites (tertiary alicyclic amines) is 2. The topological polar surface area (TPSA) is 142 Å². The number of hydrogen-bond acceptors (Lipinski definition) is 7. The summed E-state index contributed by atoms with van der Waals surface area (Å²) in [6.45, 7) is 2.69. The molecule has 2 heterocycles. The highest BCUT2D eigenvalue weighted by Gasteiger charge is 2.52. The van der Waals surface area contributed by atoms with E-state index < -0.39 is 11.8 Å². The first-order chi connectivity index (χ1) is 24.0. The first kappa shape index (κ1) is 35.6. The van der Waals surface area contributed by atoms with Gasteiger partial charge in [0.15, 0.2) is 0 Å². The number of imide groups is 2. The monoisotopic (exact) mass is 694 g/mol. The van der Waals surface area contributed by atoms with Gasteiger partial charge in [0, 0.05) is 37.5 Å². The first-order valence-electron chi connectivity index (χ1n) is 20.0. The van der Waals surface area contributed by atoms with Crippen LogP contribution in [0, 0.1) is 47.3 Å². The molecule has 8 unspecified atom stereocenters. The van der Waals surface area contributed by atoms with Gasteiger partial charge in [0.1, 0.15) is 0 Å². The van der Waals surface area contributed by atoms with E-state index in [-0.39, 0.29) is 77.1 Å². The van der Waals surface area contributed by atoms with Crippen LogP contribution in [0.25, 0.3) is 0 Å². The fourth-order valence-corrected chi connectivity index (χ4v) is 10.7. The summed E-state index contributed by atoms with van der Waals surface area (Å²) < 4.78 is 6.43. The predicted octanol–water partition coefficient (Wildman–Crippen LogP) is 4.12. The van der Waals surface area contributed by atoms with Crippen LogP contribution >= 0.6 is 0 Å². The van der Waals surface area contributed by atoms with E-state index in [0.717, 1.165) is 63.7 Å². The minimum Gasteiger partial charge on any atom is -0.375 e. The summed E-state index contributed by atoms with van der Waals surface area (Å²) in [5.41, 5.74) is 0. The third-order valence-corrected chi connectivity index (χ3v) is 13.8. The van der Waals surface area contributed by atoms with E-state index >= 15 is 0 Å². The van der Waals surface area contributed by atoms with Gasteiger partial charge in [0.25, 0.3) is 0 Å². The molecular formula is C39H58N4O7. The number of fused-ring (bicyclic) bond motifs is 2. The maximum absolute atomic E-state index is 13.7. The van der Waals surface area contributed by atoms with Crippen molar-refractivity contribution in [1.82, 2.24) is 20.4 Å². The van der Waals surface area contributed by atoms with E-state index in [0.29, 0.717) is 63.7 Å². The molecular weight excluding hydrogens is 636 g/mol. The van der Waals surface area contributed by atoms with Gasteiger partial charge in [-0.05, 0) is 121 Å². The van der Waals surface area contributed by atoms with Crippen molar-refractivity contribution >= 4 is 35.4 Å². The van der Waals surface area contributed by atoms with Crippen molar-refractivity contribution in [3.05, 3.63) is 0 Å². The lowest BCUT2D eigenvalue weighted by Crippen LogP contribution is -2.45. The van der Waals surface area contributed by atoms with Crippen LogP contribution in [0.15, 0.2) is 0 Å². The summed E-state index contributed by atoms with van der Waals surface area (Å²) >= 11 is 0. The van der Waals surface area contributed by atoms with Crippen LogP contribution in [0.3, 0.4) is 0 Å². The summed E-state index contributed by atoms with van der Waals surface area (Å²) in [6.07, 6.45) is 15.9. The van der Waals surface area contributed by atoms with Gasteiger partial charge in [-0.2, -0.15) is 0 Å². The molecule has 0 spiro atoms. The summed E-state index contributed by atoms with van der Waals surface area (Å²) in [5.74, 6) is -1.58. The average Bonchev–Trinajstić information content (AvgIpc) is 3.49. The Balaban J connectivity index is 0.852. The Morgan fingerprint density at radius 2 is 1.12 bits per heavy atom. The standard InChI is InChI=1S/C39H58N4O7/c1-22-6-12-28(13-7-22)50-29-14-10-26(11-15-29)40-34(44)25-9-17-31-33(20-25)39(49)43(38(31)48)21-23-4-3-5-27(18-23)41-35(45)24-8-16-30-32(19-24)37(47)42(2)36(30)46/h22-33H,3-21H2,1-2H3,(H,40,44)(H,41,45). The summed E-state index contributed by atoms with van der Waals surface area (Å²) in [7, 11) is 1.53. The highest BCUT2D eigenvalue weighted by Crippen LogP contribution is 2.43. The molecule has 2 aliphatic heterocycles. The third-order valence-electron chi connectivity index (χ3n) is 13.8. The SMILES string of the molecule is CC1CCC(OC2CCC(NC(=O)C3CCC4C(=O)N(CC5CCCC(NC(=O)C6CCC7C(=O)N(C)C(=O)C7C6)C5)C(=O)C4C3)CC2)CC1. The summed E-state index contributed by atoms with van der Waals surface area (Å²) in [5, 5.41) is 6.51. The smallest absolute Gasteiger partial charge is 0.233 e. The maximum atomic E-state index is 13.7. The minimum absolute atomic E-state index is 0.0306. The molecule has 2 saturated heterocycles. The van der Waals surface area contributed by atoms with E-state index in [1.807, 2.05) is 0 Å². The molecule has 11 nitrogen and oxygen atoms in total. The van der Waals surface area contributed by atoms with Crippen LogP contribution in [0.1, 0.15) is 122 Å². The van der Waals surface area contributed by atoms with E-state index in [4.69, 9.17) is 4.74 Å². The molecule has 276 valence electrons. The van der Waals surface area contributed by atoms with Crippen molar-refractivity contribution in [2.24, 2.45) is 47.3 Å². The molecule has 2 N–H and O–H groups in total. The molecule has 0 aromatic carbocycles. The van der Waals surface area contributed by atoms with Crippen LogP contribution in [-0.4, -0.2) is 83.1 Å². The Labute approximate surface area is 296 Å². The van der Waals surface area contributed by atoms with E-state index in [9.17, 15) is 28.8 Å². The van der Waals surface area contributed by atoms with Crippen LogP contribution in [0.5, 0.6) is 0 Å². The molecule has 5 aliphatic carbocycles. The number of hydrogen-bond donors (Lipinski definition) is 2. The predicted molar refractivity (Wildman–Crippen MR) is 184 cm³/mol. The number of ether oxygens (including phenoxy) is 1. The van der Waals surface area contributed by atoms with Gasteiger partial charge < -0.3 is 15.4 Å².